The molecule has 5 nitrogen and oxygen atoms in total. The average Bonchev–Trinajstić information content (AvgIpc) is 2.89. The van der Waals surface area contributed by atoms with Crippen molar-refractivity contribution in [2.75, 3.05) is 7.11 Å². The van der Waals surface area contributed by atoms with Crippen molar-refractivity contribution in [2.24, 2.45) is 5.73 Å². The minimum atomic E-state index is 0.406. The van der Waals surface area contributed by atoms with E-state index in [2.05, 4.69) is 10.1 Å². The Morgan fingerprint density at radius 1 is 1.21 bits per heavy atom. The van der Waals surface area contributed by atoms with Crippen molar-refractivity contribution < 1.29 is 4.74 Å². The first-order chi connectivity index (χ1) is 9.33. The quantitative estimate of drug-likeness (QED) is 0.774. The molecule has 2 aromatic heterocycles. The molecule has 2 heterocycles. The van der Waals surface area contributed by atoms with E-state index in [1.807, 2.05) is 36.4 Å². The van der Waals surface area contributed by atoms with Crippen molar-refractivity contribution >= 4 is 5.65 Å². The molecule has 0 spiro atoms. The van der Waals surface area contributed by atoms with Gasteiger partial charge in [-0.25, -0.2) is 9.50 Å². The standard InChI is InChI=1S/C14H14N4O/c1-19-13-5-3-2-4-11(13)12-6-7-14-16-9-10(8-15)18(14)17-12/h2-7,9H,8,15H2,1H3. The van der Waals surface area contributed by atoms with Gasteiger partial charge in [0, 0.05) is 12.1 Å². The van der Waals surface area contributed by atoms with Gasteiger partial charge in [-0.3, -0.25) is 0 Å². The van der Waals surface area contributed by atoms with Crippen LogP contribution in [0.15, 0.2) is 42.6 Å². The second kappa shape index (κ2) is 4.70. The maximum Gasteiger partial charge on any atom is 0.153 e. The molecule has 0 aliphatic carbocycles. The molecule has 0 fully saturated rings. The van der Waals surface area contributed by atoms with Crippen LogP contribution in [0.2, 0.25) is 0 Å². The number of para-hydroxylation sites is 1. The number of hydrogen-bond acceptors (Lipinski definition) is 4. The van der Waals surface area contributed by atoms with Crippen molar-refractivity contribution in [3.63, 3.8) is 0 Å². The molecule has 2 N–H and O–H groups in total. The van der Waals surface area contributed by atoms with Gasteiger partial charge in [0.05, 0.1) is 24.7 Å². The van der Waals surface area contributed by atoms with Crippen LogP contribution >= 0.6 is 0 Å². The SMILES string of the molecule is COc1ccccc1-c1ccc2ncc(CN)n2n1. The van der Waals surface area contributed by atoms with Crippen molar-refractivity contribution in [3.05, 3.63) is 48.3 Å². The lowest BCUT2D eigenvalue weighted by molar-refractivity contribution is 0.416. The maximum absolute atomic E-state index is 5.68. The highest BCUT2D eigenvalue weighted by atomic mass is 16.5. The normalized spacial score (nSPS) is 10.8. The van der Waals surface area contributed by atoms with E-state index in [0.29, 0.717) is 6.54 Å². The van der Waals surface area contributed by atoms with E-state index < -0.39 is 0 Å². The zero-order valence-electron chi connectivity index (χ0n) is 10.6. The molecule has 0 bridgehead atoms. The lowest BCUT2D eigenvalue weighted by Gasteiger charge is -2.08. The second-order valence-electron chi connectivity index (χ2n) is 4.14. The minimum Gasteiger partial charge on any atom is -0.496 e. The lowest BCUT2D eigenvalue weighted by atomic mass is 10.1. The van der Waals surface area contributed by atoms with Crippen molar-refractivity contribution in [3.8, 4) is 17.0 Å². The highest BCUT2D eigenvalue weighted by molar-refractivity contribution is 5.67. The largest absolute Gasteiger partial charge is 0.496 e. The lowest BCUT2D eigenvalue weighted by Crippen LogP contribution is -2.04. The third kappa shape index (κ3) is 1.94. The van der Waals surface area contributed by atoms with Gasteiger partial charge in [0.1, 0.15) is 5.75 Å². The predicted molar refractivity (Wildman–Crippen MR) is 72.9 cm³/mol. The summed E-state index contributed by atoms with van der Waals surface area (Å²) >= 11 is 0. The van der Waals surface area contributed by atoms with Gasteiger partial charge in [-0.2, -0.15) is 5.10 Å². The Balaban J connectivity index is 2.19. The Morgan fingerprint density at radius 2 is 2.05 bits per heavy atom. The van der Waals surface area contributed by atoms with Crippen LogP contribution in [-0.4, -0.2) is 21.7 Å². The van der Waals surface area contributed by atoms with Gasteiger partial charge >= 0.3 is 0 Å². The van der Waals surface area contributed by atoms with E-state index >= 15 is 0 Å². The molecule has 3 aromatic rings. The molecule has 0 atom stereocenters. The van der Waals surface area contributed by atoms with Gasteiger partial charge in [0.15, 0.2) is 5.65 Å². The molecule has 3 rings (SSSR count). The van der Waals surface area contributed by atoms with Crippen LogP contribution in [0.5, 0.6) is 5.75 Å². The third-order valence-corrected chi connectivity index (χ3v) is 3.02. The molecule has 0 aliphatic rings. The minimum absolute atomic E-state index is 0.406. The summed E-state index contributed by atoms with van der Waals surface area (Å²) in [4.78, 5) is 4.26. The van der Waals surface area contributed by atoms with Gasteiger partial charge in [0.25, 0.3) is 0 Å². The average molecular weight is 254 g/mol. The second-order valence-corrected chi connectivity index (χ2v) is 4.14. The number of methoxy groups -OCH3 is 1. The van der Waals surface area contributed by atoms with E-state index in [1.165, 1.54) is 0 Å². The molecule has 0 radical (unpaired) electrons. The summed E-state index contributed by atoms with van der Waals surface area (Å²) in [7, 11) is 1.65. The molecule has 0 unspecified atom stereocenters. The molecule has 0 amide bonds. The first-order valence-electron chi connectivity index (χ1n) is 6.00. The molecule has 1 aromatic carbocycles. The van der Waals surface area contributed by atoms with Crippen molar-refractivity contribution in [1.82, 2.24) is 14.6 Å². The number of nitrogens with zero attached hydrogens (tertiary/aromatic N) is 3. The Bertz CT molecular complexity index is 720. The highest BCUT2D eigenvalue weighted by Crippen LogP contribution is 2.27. The molecule has 0 saturated carbocycles. The fraction of sp³-hybridized carbons (Fsp3) is 0.143. The molecular weight excluding hydrogens is 240 g/mol. The summed E-state index contributed by atoms with van der Waals surface area (Å²) in [5, 5.41) is 4.58. The molecular formula is C14H14N4O. The van der Waals surface area contributed by atoms with Gasteiger partial charge < -0.3 is 10.5 Å². The monoisotopic (exact) mass is 254 g/mol. The number of hydrogen-bond donors (Lipinski definition) is 1. The van der Waals surface area contributed by atoms with Gasteiger partial charge in [-0.05, 0) is 24.3 Å². The van der Waals surface area contributed by atoms with Crippen LogP contribution in [0.1, 0.15) is 5.69 Å². The van der Waals surface area contributed by atoms with Crippen LogP contribution in [0, 0.1) is 0 Å². The van der Waals surface area contributed by atoms with E-state index in [4.69, 9.17) is 10.5 Å². The van der Waals surface area contributed by atoms with E-state index in [9.17, 15) is 0 Å². The van der Waals surface area contributed by atoms with Gasteiger partial charge in [0.2, 0.25) is 0 Å². The molecule has 5 heteroatoms. The highest BCUT2D eigenvalue weighted by Gasteiger charge is 2.09. The van der Waals surface area contributed by atoms with Gasteiger partial charge in [-0.15, -0.1) is 0 Å². The Morgan fingerprint density at radius 3 is 2.84 bits per heavy atom. The maximum atomic E-state index is 5.68. The number of aromatic nitrogens is 3. The van der Waals surface area contributed by atoms with Crippen molar-refractivity contribution in [2.45, 2.75) is 6.54 Å². The number of fused-ring (bicyclic) bond motifs is 1. The van der Waals surface area contributed by atoms with Gasteiger partial charge in [-0.1, -0.05) is 12.1 Å². The third-order valence-electron chi connectivity index (χ3n) is 3.02. The van der Waals surface area contributed by atoms with Crippen molar-refractivity contribution in [1.29, 1.82) is 0 Å². The summed E-state index contributed by atoms with van der Waals surface area (Å²) in [5.41, 5.74) is 9.13. The fourth-order valence-corrected chi connectivity index (χ4v) is 2.06. The Hall–Kier alpha value is -2.40. The van der Waals surface area contributed by atoms with E-state index in [-0.39, 0.29) is 0 Å². The Kier molecular flexibility index (Phi) is 2.89. The summed E-state index contributed by atoms with van der Waals surface area (Å²) in [6.45, 7) is 0.406. The summed E-state index contributed by atoms with van der Waals surface area (Å²) in [5.74, 6) is 0.795. The smallest absolute Gasteiger partial charge is 0.153 e. The first-order valence-corrected chi connectivity index (χ1v) is 6.00. The number of ether oxygens (including phenoxy) is 1. The van der Waals surface area contributed by atoms with Crippen LogP contribution in [0.4, 0.5) is 0 Å². The molecule has 19 heavy (non-hydrogen) atoms. The number of imidazole rings is 1. The summed E-state index contributed by atoms with van der Waals surface area (Å²) < 4.78 is 7.13. The number of rotatable bonds is 3. The fourth-order valence-electron chi connectivity index (χ4n) is 2.06. The van der Waals surface area contributed by atoms with E-state index in [0.717, 1.165) is 28.3 Å². The van der Waals surface area contributed by atoms with E-state index in [1.54, 1.807) is 17.8 Å². The topological polar surface area (TPSA) is 65.4 Å². The summed E-state index contributed by atoms with van der Waals surface area (Å²) in [6.07, 6.45) is 1.74. The number of benzene rings is 1. The van der Waals surface area contributed by atoms with Crippen LogP contribution < -0.4 is 10.5 Å². The predicted octanol–water partition coefficient (Wildman–Crippen LogP) is 1.86. The number of nitrogens with two attached hydrogens (primary N) is 1. The summed E-state index contributed by atoms with van der Waals surface area (Å²) in [6, 6.07) is 11.6. The molecule has 0 saturated heterocycles. The Labute approximate surface area is 110 Å². The zero-order valence-corrected chi connectivity index (χ0v) is 10.6. The van der Waals surface area contributed by atoms with Crippen LogP contribution in [0.25, 0.3) is 16.9 Å². The molecule has 0 aliphatic heterocycles. The first kappa shape index (κ1) is 11.7. The molecule has 96 valence electrons. The van der Waals surface area contributed by atoms with Crippen LogP contribution in [0.3, 0.4) is 0 Å². The zero-order chi connectivity index (χ0) is 13.2. The van der Waals surface area contributed by atoms with Crippen LogP contribution in [-0.2, 0) is 6.54 Å².